The number of aryl methyl sites for hydroxylation is 1. The van der Waals surface area contributed by atoms with Crippen molar-refractivity contribution in [3.63, 3.8) is 0 Å². The van der Waals surface area contributed by atoms with Crippen molar-refractivity contribution in [3.05, 3.63) is 93.7 Å². The summed E-state index contributed by atoms with van der Waals surface area (Å²) in [5.74, 6) is 0.126. The molecule has 1 amide bonds. The Bertz CT molecular complexity index is 1510. The second-order valence-electron chi connectivity index (χ2n) is 7.23. The van der Waals surface area contributed by atoms with Crippen molar-refractivity contribution in [2.75, 3.05) is 4.90 Å². The number of anilines is 1. The number of para-hydroxylation sites is 1. The number of hydrogen-bond donors (Lipinski definition) is 0. The molecule has 0 bridgehead atoms. The molecule has 2 aromatic carbocycles. The van der Waals surface area contributed by atoms with Gasteiger partial charge in [-0.3, -0.25) is 14.5 Å². The van der Waals surface area contributed by atoms with E-state index in [9.17, 15) is 9.59 Å². The maximum Gasteiger partial charge on any atom is 0.297 e. The number of carbonyl (C=O) groups is 1. The summed E-state index contributed by atoms with van der Waals surface area (Å²) in [7, 11) is 0. The van der Waals surface area contributed by atoms with E-state index in [1.54, 1.807) is 36.4 Å². The molecule has 146 valence electrons. The number of amides is 1. The van der Waals surface area contributed by atoms with E-state index < -0.39 is 11.9 Å². The lowest BCUT2D eigenvalue weighted by Gasteiger charge is -2.19. The number of aromatic nitrogens is 1. The van der Waals surface area contributed by atoms with E-state index in [2.05, 4.69) is 4.98 Å². The lowest BCUT2D eigenvalue weighted by Crippen LogP contribution is -2.29. The van der Waals surface area contributed by atoms with Crippen LogP contribution in [0.25, 0.3) is 21.2 Å². The van der Waals surface area contributed by atoms with Gasteiger partial charge in [-0.2, -0.15) is 0 Å². The number of carbonyl (C=O) groups excluding carboxylic acids is 1. The first-order valence-electron chi connectivity index (χ1n) is 9.42. The maximum absolute atomic E-state index is 13.5. The van der Waals surface area contributed by atoms with Gasteiger partial charge in [0.25, 0.3) is 5.91 Å². The van der Waals surface area contributed by atoms with Crippen LogP contribution in [0.3, 0.4) is 0 Å². The van der Waals surface area contributed by atoms with Crippen molar-refractivity contribution in [2.45, 2.75) is 13.0 Å². The van der Waals surface area contributed by atoms with Gasteiger partial charge in [-0.15, -0.1) is 0 Å². The third-order valence-corrected chi connectivity index (χ3v) is 6.35. The molecule has 5 aromatic rings. The molecule has 6 rings (SSSR count). The number of hydrogen-bond acceptors (Lipinski definition) is 6. The molecular weight excluding hydrogens is 400 g/mol. The van der Waals surface area contributed by atoms with Gasteiger partial charge in [-0.25, -0.2) is 4.98 Å². The Kier molecular flexibility index (Phi) is 3.52. The summed E-state index contributed by atoms with van der Waals surface area (Å²) in [5.41, 5.74) is 2.34. The van der Waals surface area contributed by atoms with E-state index in [1.165, 1.54) is 22.5 Å². The van der Waals surface area contributed by atoms with Crippen LogP contribution in [0.1, 0.15) is 33.5 Å². The molecule has 0 saturated carbocycles. The van der Waals surface area contributed by atoms with E-state index >= 15 is 0 Å². The fraction of sp³-hybridized carbons (Fsp3) is 0.0870. The maximum atomic E-state index is 13.5. The molecule has 0 radical (unpaired) electrons. The molecule has 6 nitrogen and oxygen atoms in total. The molecule has 7 heteroatoms. The number of nitrogens with zero attached hydrogens (tertiary/aromatic N) is 2. The molecule has 0 spiro atoms. The van der Waals surface area contributed by atoms with Crippen LogP contribution in [-0.4, -0.2) is 10.9 Å². The molecule has 1 aliphatic rings. The predicted molar refractivity (Wildman–Crippen MR) is 114 cm³/mol. The van der Waals surface area contributed by atoms with Crippen LogP contribution in [0.2, 0.25) is 0 Å². The van der Waals surface area contributed by atoms with Crippen LogP contribution in [-0.2, 0) is 0 Å². The Balaban J connectivity index is 1.64. The minimum atomic E-state index is -0.731. The molecule has 1 unspecified atom stereocenters. The van der Waals surface area contributed by atoms with Crippen molar-refractivity contribution >= 4 is 43.6 Å². The largest absolute Gasteiger partial charge is 0.467 e. The highest BCUT2D eigenvalue weighted by molar-refractivity contribution is 7.22. The number of furan rings is 1. The highest BCUT2D eigenvalue weighted by Gasteiger charge is 2.46. The van der Waals surface area contributed by atoms with Crippen molar-refractivity contribution < 1.29 is 13.6 Å². The molecule has 0 fully saturated rings. The second kappa shape index (κ2) is 6.14. The zero-order chi connectivity index (χ0) is 20.4. The van der Waals surface area contributed by atoms with Crippen molar-refractivity contribution in [3.8, 4) is 0 Å². The van der Waals surface area contributed by atoms with Gasteiger partial charge in [0.15, 0.2) is 10.6 Å². The number of fused-ring (bicyclic) bond motifs is 3. The van der Waals surface area contributed by atoms with E-state index in [4.69, 9.17) is 8.83 Å². The summed E-state index contributed by atoms with van der Waals surface area (Å²) in [4.78, 5) is 33.0. The quantitative estimate of drug-likeness (QED) is 0.404. The zero-order valence-corrected chi connectivity index (χ0v) is 16.6. The molecule has 30 heavy (non-hydrogen) atoms. The molecule has 1 aliphatic heterocycles. The van der Waals surface area contributed by atoms with Crippen molar-refractivity contribution in [1.82, 2.24) is 4.98 Å². The Morgan fingerprint density at radius 2 is 1.93 bits per heavy atom. The van der Waals surface area contributed by atoms with Gasteiger partial charge >= 0.3 is 0 Å². The fourth-order valence-corrected chi connectivity index (χ4v) is 5.05. The number of rotatable bonds is 2. The first-order valence-corrected chi connectivity index (χ1v) is 10.2. The van der Waals surface area contributed by atoms with Gasteiger partial charge in [0, 0.05) is 0 Å². The summed E-state index contributed by atoms with van der Waals surface area (Å²) in [5, 5.41) is 0.930. The highest BCUT2D eigenvalue weighted by atomic mass is 32.1. The Labute approximate surface area is 174 Å². The molecule has 0 N–H and O–H groups in total. The first kappa shape index (κ1) is 17.2. The molecule has 1 atom stereocenters. The SMILES string of the molecule is Cc1ccc2nc(N3C(=O)c4oc5ccccc5c(=O)c4C3c3ccco3)sc2c1. The minimum absolute atomic E-state index is 0.0375. The standard InChI is InChI=1S/C23H14N2O4S/c1-12-8-9-14-17(11-12)30-23(24-14)25-19(16-7-4-10-28-16)18-20(26)13-5-2-3-6-15(13)29-21(18)22(25)27/h2-11,19H,1H3. The summed E-state index contributed by atoms with van der Waals surface area (Å²) in [6, 6.07) is 15.6. The Morgan fingerprint density at radius 1 is 1.07 bits per heavy atom. The average Bonchev–Trinajstić information content (AvgIpc) is 3.46. The lowest BCUT2D eigenvalue weighted by molar-refractivity contribution is 0.0969. The molecule has 0 saturated heterocycles. The van der Waals surface area contributed by atoms with Crippen LogP contribution in [0.5, 0.6) is 0 Å². The van der Waals surface area contributed by atoms with Crippen molar-refractivity contribution in [1.29, 1.82) is 0 Å². The van der Waals surface area contributed by atoms with Crippen LogP contribution >= 0.6 is 11.3 Å². The Morgan fingerprint density at radius 3 is 2.77 bits per heavy atom. The Hall–Kier alpha value is -3.71. The van der Waals surface area contributed by atoms with Gasteiger partial charge in [-0.05, 0) is 48.9 Å². The van der Waals surface area contributed by atoms with E-state index in [-0.39, 0.29) is 16.8 Å². The minimum Gasteiger partial charge on any atom is -0.467 e. The van der Waals surface area contributed by atoms with E-state index in [1.807, 2.05) is 25.1 Å². The second-order valence-corrected chi connectivity index (χ2v) is 8.24. The van der Waals surface area contributed by atoms with Crippen LogP contribution in [0.15, 0.2) is 74.5 Å². The smallest absolute Gasteiger partial charge is 0.297 e. The third kappa shape index (κ3) is 2.32. The topological polar surface area (TPSA) is 76.6 Å². The van der Waals surface area contributed by atoms with Gasteiger partial charge in [0.2, 0.25) is 5.76 Å². The van der Waals surface area contributed by atoms with Gasteiger partial charge < -0.3 is 8.83 Å². The summed E-state index contributed by atoms with van der Waals surface area (Å²) < 4.78 is 12.5. The lowest BCUT2D eigenvalue weighted by atomic mass is 10.0. The third-order valence-electron chi connectivity index (χ3n) is 5.33. The van der Waals surface area contributed by atoms with Gasteiger partial charge in [0.1, 0.15) is 17.4 Å². The fourth-order valence-electron chi connectivity index (χ4n) is 3.96. The van der Waals surface area contributed by atoms with E-state index in [0.717, 1.165) is 15.8 Å². The van der Waals surface area contributed by atoms with Crippen molar-refractivity contribution in [2.24, 2.45) is 0 Å². The summed E-state index contributed by atoms with van der Waals surface area (Å²) in [6.07, 6.45) is 1.53. The zero-order valence-electron chi connectivity index (χ0n) is 15.8. The molecular formula is C23H14N2O4S. The summed E-state index contributed by atoms with van der Waals surface area (Å²) in [6.45, 7) is 2.01. The monoisotopic (exact) mass is 414 g/mol. The number of thiazole rings is 1. The molecule has 4 heterocycles. The van der Waals surface area contributed by atoms with Crippen LogP contribution in [0, 0.1) is 6.92 Å². The predicted octanol–water partition coefficient (Wildman–Crippen LogP) is 5.05. The highest BCUT2D eigenvalue weighted by Crippen LogP contribution is 2.43. The first-order chi connectivity index (χ1) is 14.6. The van der Waals surface area contributed by atoms with Gasteiger partial charge in [0.05, 0.1) is 27.4 Å². The number of benzene rings is 2. The van der Waals surface area contributed by atoms with Crippen LogP contribution < -0.4 is 10.3 Å². The molecule has 3 aromatic heterocycles. The summed E-state index contributed by atoms with van der Waals surface area (Å²) >= 11 is 1.40. The molecule has 0 aliphatic carbocycles. The van der Waals surface area contributed by atoms with E-state index in [0.29, 0.717) is 21.9 Å². The average molecular weight is 414 g/mol. The normalized spacial score (nSPS) is 16.0. The van der Waals surface area contributed by atoms with Gasteiger partial charge in [-0.1, -0.05) is 29.5 Å². The van der Waals surface area contributed by atoms with Crippen LogP contribution in [0.4, 0.5) is 5.13 Å².